The first-order chi connectivity index (χ1) is 6.85. The van der Waals surface area contributed by atoms with Gasteiger partial charge in [-0.1, -0.05) is 25.7 Å². The number of hydrogen-bond donors (Lipinski definition) is 0. The lowest BCUT2D eigenvalue weighted by Crippen LogP contribution is -1.95. The SMILES string of the molecule is C=CCCC[CH-]C[C+](CC=C)CC=C. The average Bonchev–Trinajstić information content (AvgIpc) is 2.18. The summed E-state index contributed by atoms with van der Waals surface area (Å²) in [6.45, 7) is 11.2. The molecule has 0 fully saturated rings. The fourth-order valence-electron chi connectivity index (χ4n) is 1.37. The zero-order valence-electron chi connectivity index (χ0n) is 9.17. The van der Waals surface area contributed by atoms with E-state index >= 15 is 0 Å². The largest absolute Gasteiger partial charge is 0.284 e. The van der Waals surface area contributed by atoms with E-state index in [1.807, 2.05) is 18.2 Å². The first-order valence-electron chi connectivity index (χ1n) is 5.33. The molecule has 0 N–H and O–H groups in total. The maximum absolute atomic E-state index is 3.76. The van der Waals surface area contributed by atoms with Crippen LogP contribution in [0.4, 0.5) is 0 Å². The van der Waals surface area contributed by atoms with Crippen molar-refractivity contribution in [1.82, 2.24) is 0 Å². The van der Waals surface area contributed by atoms with Gasteiger partial charge in [0.05, 0.1) is 5.92 Å². The molecule has 0 bridgehead atoms. The molecule has 0 unspecified atom stereocenters. The van der Waals surface area contributed by atoms with Gasteiger partial charge in [-0.15, -0.1) is 6.58 Å². The molecular formula is C14H22. The monoisotopic (exact) mass is 190 g/mol. The third-order valence-corrected chi connectivity index (χ3v) is 2.12. The summed E-state index contributed by atoms with van der Waals surface area (Å²) in [7, 11) is 0. The first kappa shape index (κ1) is 13.1. The van der Waals surface area contributed by atoms with E-state index in [1.54, 1.807) is 0 Å². The molecule has 14 heavy (non-hydrogen) atoms. The molecule has 0 amide bonds. The fraction of sp³-hybridized carbons (Fsp3) is 0.429. The highest BCUT2D eigenvalue weighted by Gasteiger charge is 2.09. The summed E-state index contributed by atoms with van der Waals surface area (Å²) < 4.78 is 0. The van der Waals surface area contributed by atoms with E-state index in [0.29, 0.717) is 0 Å². The van der Waals surface area contributed by atoms with Gasteiger partial charge in [0.1, 0.15) is 12.8 Å². The van der Waals surface area contributed by atoms with Crippen LogP contribution in [0.3, 0.4) is 0 Å². The summed E-state index contributed by atoms with van der Waals surface area (Å²) in [5.74, 6) is 1.51. The Bertz CT molecular complexity index is 145. The molecule has 0 aromatic heterocycles. The van der Waals surface area contributed by atoms with E-state index in [9.17, 15) is 0 Å². The highest BCUT2D eigenvalue weighted by atomic mass is 14.1. The number of hydrogen-bond acceptors (Lipinski definition) is 0. The van der Waals surface area contributed by atoms with Gasteiger partial charge in [-0.05, 0) is 25.0 Å². The van der Waals surface area contributed by atoms with Crippen LogP contribution in [0.25, 0.3) is 0 Å². The number of allylic oxidation sites excluding steroid dienone is 3. The summed E-state index contributed by atoms with van der Waals surface area (Å²) in [4.78, 5) is 0. The molecule has 0 saturated carbocycles. The molecule has 0 atom stereocenters. The summed E-state index contributed by atoms with van der Waals surface area (Å²) in [5.41, 5.74) is 0. The van der Waals surface area contributed by atoms with Crippen molar-refractivity contribution in [2.45, 2.75) is 38.5 Å². The van der Waals surface area contributed by atoms with Crippen LogP contribution in [-0.2, 0) is 0 Å². The van der Waals surface area contributed by atoms with Crippen molar-refractivity contribution in [2.24, 2.45) is 0 Å². The number of rotatable bonds is 10. The molecule has 0 aromatic rings. The molecule has 0 aliphatic rings. The van der Waals surface area contributed by atoms with Gasteiger partial charge in [-0.2, -0.15) is 6.42 Å². The van der Waals surface area contributed by atoms with Crippen LogP contribution in [0.5, 0.6) is 0 Å². The van der Waals surface area contributed by atoms with Crippen LogP contribution in [-0.4, -0.2) is 0 Å². The van der Waals surface area contributed by atoms with Crippen LogP contribution in [0, 0.1) is 12.3 Å². The molecule has 0 heterocycles. The van der Waals surface area contributed by atoms with E-state index in [-0.39, 0.29) is 0 Å². The molecule has 0 saturated heterocycles. The minimum absolute atomic E-state index is 1.02. The quantitative estimate of drug-likeness (QED) is 0.267. The molecule has 0 aromatic carbocycles. The Balaban J connectivity index is 3.43. The zero-order valence-corrected chi connectivity index (χ0v) is 9.17. The summed E-state index contributed by atoms with van der Waals surface area (Å²) >= 11 is 0. The smallest absolute Gasteiger partial charge is 0.105 e. The van der Waals surface area contributed by atoms with E-state index < -0.39 is 0 Å². The molecule has 78 valence electrons. The van der Waals surface area contributed by atoms with Crippen molar-refractivity contribution in [3.05, 3.63) is 50.3 Å². The fourth-order valence-corrected chi connectivity index (χ4v) is 1.37. The van der Waals surface area contributed by atoms with Crippen LogP contribution in [0.15, 0.2) is 38.0 Å². The van der Waals surface area contributed by atoms with Crippen LogP contribution in [0.2, 0.25) is 0 Å². The van der Waals surface area contributed by atoms with E-state index in [0.717, 1.165) is 25.7 Å². The predicted molar refractivity (Wildman–Crippen MR) is 65.8 cm³/mol. The van der Waals surface area contributed by atoms with Crippen LogP contribution >= 0.6 is 0 Å². The molecular weight excluding hydrogens is 168 g/mol. The Kier molecular flexibility index (Phi) is 9.51. The predicted octanol–water partition coefficient (Wildman–Crippen LogP) is 4.66. The lowest BCUT2D eigenvalue weighted by Gasteiger charge is -2.10. The third-order valence-electron chi connectivity index (χ3n) is 2.12. The molecule has 0 heteroatoms. The van der Waals surface area contributed by atoms with E-state index in [1.165, 1.54) is 18.8 Å². The number of unbranched alkanes of at least 4 members (excludes halogenated alkanes) is 3. The van der Waals surface area contributed by atoms with Gasteiger partial charge in [-0.3, -0.25) is 6.42 Å². The summed E-state index contributed by atoms with van der Waals surface area (Å²) in [6, 6.07) is 0. The first-order valence-corrected chi connectivity index (χ1v) is 5.33. The third kappa shape index (κ3) is 7.72. The second kappa shape index (κ2) is 10.2. The van der Waals surface area contributed by atoms with Gasteiger partial charge in [0, 0.05) is 0 Å². The minimum atomic E-state index is 1.02. The van der Waals surface area contributed by atoms with Gasteiger partial charge in [-0.25, -0.2) is 0 Å². The lowest BCUT2D eigenvalue weighted by atomic mass is 9.94. The maximum Gasteiger partial charge on any atom is 0.105 e. The summed E-state index contributed by atoms with van der Waals surface area (Å²) in [5, 5.41) is 0. The van der Waals surface area contributed by atoms with Gasteiger partial charge in [0.2, 0.25) is 0 Å². The van der Waals surface area contributed by atoms with Gasteiger partial charge in [0.25, 0.3) is 0 Å². The zero-order chi connectivity index (χ0) is 10.6. The van der Waals surface area contributed by atoms with Crippen LogP contribution < -0.4 is 0 Å². The Morgan fingerprint density at radius 1 is 1.00 bits per heavy atom. The van der Waals surface area contributed by atoms with Crippen molar-refractivity contribution in [2.75, 3.05) is 0 Å². The Morgan fingerprint density at radius 3 is 2.14 bits per heavy atom. The van der Waals surface area contributed by atoms with Crippen molar-refractivity contribution in [1.29, 1.82) is 0 Å². The van der Waals surface area contributed by atoms with Crippen molar-refractivity contribution in [3.63, 3.8) is 0 Å². The molecule has 0 aliphatic carbocycles. The molecule has 0 rings (SSSR count). The van der Waals surface area contributed by atoms with E-state index in [4.69, 9.17) is 0 Å². The Morgan fingerprint density at radius 2 is 1.64 bits per heavy atom. The molecule has 0 spiro atoms. The highest BCUT2D eigenvalue weighted by molar-refractivity contribution is 5.03. The standard InChI is InChI=1S/C14H22/c1-4-7-8-9-10-13-14(11-5-2)12-6-3/h4-6,10H,1-3,7-9,11-13H2. The van der Waals surface area contributed by atoms with Crippen molar-refractivity contribution >= 4 is 0 Å². The van der Waals surface area contributed by atoms with E-state index in [2.05, 4.69) is 26.2 Å². The highest BCUT2D eigenvalue weighted by Crippen LogP contribution is 2.20. The Labute approximate surface area is 89.4 Å². The maximum atomic E-state index is 3.76. The van der Waals surface area contributed by atoms with Crippen molar-refractivity contribution in [3.8, 4) is 0 Å². The van der Waals surface area contributed by atoms with Gasteiger partial charge >= 0.3 is 0 Å². The normalized spacial score (nSPS) is 9.43. The average molecular weight is 190 g/mol. The topological polar surface area (TPSA) is 0 Å². The summed E-state index contributed by atoms with van der Waals surface area (Å²) in [6.07, 6.45) is 14.9. The molecule has 0 aliphatic heterocycles. The van der Waals surface area contributed by atoms with Crippen LogP contribution in [0.1, 0.15) is 38.5 Å². The second-order valence-electron chi connectivity index (χ2n) is 3.45. The van der Waals surface area contributed by atoms with Crippen molar-refractivity contribution < 1.29 is 0 Å². The minimum Gasteiger partial charge on any atom is -0.284 e. The van der Waals surface area contributed by atoms with Gasteiger partial charge in [0.15, 0.2) is 0 Å². The second-order valence-corrected chi connectivity index (χ2v) is 3.45. The Hall–Kier alpha value is -0.910. The van der Waals surface area contributed by atoms with Gasteiger partial charge < -0.3 is 0 Å². The molecule has 0 nitrogen and oxygen atoms in total. The molecule has 0 radical (unpaired) electrons. The lowest BCUT2D eigenvalue weighted by molar-refractivity contribution is 0.743.